The second-order valence-corrected chi connectivity index (χ2v) is 8.35. The van der Waals surface area contributed by atoms with Gasteiger partial charge in [-0.25, -0.2) is 13.6 Å². The number of piperidine rings is 1. The van der Waals surface area contributed by atoms with Crippen LogP contribution >= 0.6 is 0 Å². The zero-order valence-corrected chi connectivity index (χ0v) is 14.7. The highest BCUT2D eigenvalue weighted by Crippen LogP contribution is 2.14. The van der Waals surface area contributed by atoms with Crippen LogP contribution in [0.2, 0.25) is 0 Å². The van der Waals surface area contributed by atoms with Crippen molar-refractivity contribution in [3.63, 3.8) is 0 Å². The molecule has 0 bridgehead atoms. The van der Waals surface area contributed by atoms with Crippen LogP contribution in [0.5, 0.6) is 0 Å². The van der Waals surface area contributed by atoms with Gasteiger partial charge in [0.2, 0.25) is 10.0 Å². The molecule has 1 amide bonds. The summed E-state index contributed by atoms with van der Waals surface area (Å²) in [5.74, 6) is 1.20. The van der Waals surface area contributed by atoms with E-state index in [-0.39, 0.29) is 16.8 Å². The van der Waals surface area contributed by atoms with Gasteiger partial charge in [-0.2, -0.15) is 0 Å². The summed E-state index contributed by atoms with van der Waals surface area (Å²) in [5.41, 5.74) is 0.576. The summed E-state index contributed by atoms with van der Waals surface area (Å²) >= 11 is 0. The number of hydrogen-bond donors (Lipinski definition) is 3. The number of carbonyl (C=O) groups excluding carboxylic acids is 1. The first-order chi connectivity index (χ1) is 10.7. The predicted molar refractivity (Wildman–Crippen MR) is 89.5 cm³/mol. The maximum absolute atomic E-state index is 12.4. The van der Waals surface area contributed by atoms with Crippen molar-refractivity contribution in [2.75, 3.05) is 18.4 Å². The van der Waals surface area contributed by atoms with Crippen LogP contribution in [0.3, 0.4) is 0 Å². The van der Waals surface area contributed by atoms with Gasteiger partial charge >= 0.3 is 0 Å². The molecule has 1 aromatic rings. The van der Waals surface area contributed by atoms with Crippen molar-refractivity contribution < 1.29 is 18.1 Å². The molecule has 6 nitrogen and oxygen atoms in total. The zero-order valence-electron chi connectivity index (χ0n) is 13.9. The number of sulfonamides is 1. The molecule has 0 aromatic heterocycles. The number of primary sulfonamides is 1. The number of rotatable bonds is 4. The second kappa shape index (κ2) is 6.98. The molecular formula is C16H26N3O3S+. The van der Waals surface area contributed by atoms with Crippen LogP contribution in [0.15, 0.2) is 29.2 Å². The molecule has 1 aliphatic heterocycles. The minimum Gasteiger partial charge on any atom is -0.324 e. The van der Waals surface area contributed by atoms with Crippen molar-refractivity contribution in [2.45, 2.75) is 38.1 Å². The van der Waals surface area contributed by atoms with Gasteiger partial charge in [0.05, 0.1) is 18.0 Å². The van der Waals surface area contributed by atoms with E-state index < -0.39 is 10.0 Å². The topological polar surface area (TPSA) is 93.7 Å². The number of carbonyl (C=O) groups is 1. The van der Waals surface area contributed by atoms with Crippen molar-refractivity contribution in [1.82, 2.24) is 0 Å². The molecule has 1 saturated heterocycles. The summed E-state index contributed by atoms with van der Waals surface area (Å²) in [5, 5.41) is 7.91. The van der Waals surface area contributed by atoms with Crippen molar-refractivity contribution in [2.24, 2.45) is 17.0 Å². The highest BCUT2D eigenvalue weighted by atomic mass is 32.2. The second-order valence-electron chi connectivity index (χ2n) is 6.79. The van der Waals surface area contributed by atoms with E-state index in [1.54, 1.807) is 12.1 Å². The summed E-state index contributed by atoms with van der Waals surface area (Å²) in [6.45, 7) is 8.40. The standard InChI is InChI=1S/C16H25N3O3S/c1-11-8-12(2)10-19(9-11)13(3)16(20)18-14-4-6-15(7-5-14)23(17,21)22/h4-7,11-13H,8-10H2,1-3H3,(H,18,20)(H2,17,21,22)/p+1/t11-,12-,13-/m0/s1. The average Bonchev–Trinajstić information content (AvgIpc) is 2.45. The first-order valence-electron chi connectivity index (χ1n) is 7.95. The molecule has 0 spiro atoms. The van der Waals surface area contributed by atoms with Gasteiger partial charge < -0.3 is 10.2 Å². The van der Waals surface area contributed by atoms with Crippen LogP contribution < -0.4 is 15.4 Å². The normalized spacial score (nSPS) is 26.5. The smallest absolute Gasteiger partial charge is 0.282 e. The molecule has 7 heteroatoms. The Morgan fingerprint density at radius 3 is 2.22 bits per heavy atom. The van der Waals surface area contributed by atoms with Gasteiger partial charge in [-0.3, -0.25) is 4.79 Å². The monoisotopic (exact) mass is 340 g/mol. The molecule has 2 rings (SSSR count). The van der Waals surface area contributed by atoms with E-state index in [1.165, 1.54) is 23.5 Å². The quantitative estimate of drug-likeness (QED) is 0.732. The lowest BCUT2D eigenvalue weighted by molar-refractivity contribution is -0.925. The largest absolute Gasteiger partial charge is 0.324 e. The maximum atomic E-state index is 12.4. The lowest BCUT2D eigenvalue weighted by Crippen LogP contribution is -3.18. The molecule has 3 atom stereocenters. The van der Waals surface area contributed by atoms with Gasteiger partial charge in [-0.1, -0.05) is 13.8 Å². The molecule has 1 aliphatic rings. The fraction of sp³-hybridized carbons (Fsp3) is 0.562. The Kier molecular flexibility index (Phi) is 5.44. The van der Waals surface area contributed by atoms with E-state index in [9.17, 15) is 13.2 Å². The van der Waals surface area contributed by atoms with Crippen LogP contribution in [-0.4, -0.2) is 33.5 Å². The molecule has 0 saturated carbocycles. The van der Waals surface area contributed by atoms with Crippen molar-refractivity contribution >= 4 is 21.6 Å². The number of amides is 1. The maximum Gasteiger partial charge on any atom is 0.282 e. The highest BCUT2D eigenvalue weighted by molar-refractivity contribution is 7.89. The number of nitrogens with one attached hydrogen (secondary N) is 2. The fourth-order valence-electron chi connectivity index (χ4n) is 3.35. The van der Waals surface area contributed by atoms with Crippen molar-refractivity contribution in [3.05, 3.63) is 24.3 Å². The highest BCUT2D eigenvalue weighted by Gasteiger charge is 2.32. The number of hydrogen-bond acceptors (Lipinski definition) is 3. The third-order valence-electron chi connectivity index (χ3n) is 4.48. The lowest BCUT2D eigenvalue weighted by Gasteiger charge is -2.35. The Labute approximate surface area is 138 Å². The molecule has 128 valence electrons. The number of anilines is 1. The van der Waals surface area contributed by atoms with E-state index in [4.69, 9.17) is 5.14 Å². The van der Waals surface area contributed by atoms with E-state index in [0.29, 0.717) is 17.5 Å². The third kappa shape index (κ3) is 4.76. The Balaban J connectivity index is 2.01. The number of quaternary nitrogens is 1. The molecule has 23 heavy (non-hydrogen) atoms. The van der Waals surface area contributed by atoms with Gasteiger partial charge in [0.15, 0.2) is 6.04 Å². The summed E-state index contributed by atoms with van der Waals surface area (Å²) in [6, 6.07) is 5.77. The number of likely N-dealkylation sites (tertiary alicyclic amines) is 1. The molecule has 4 N–H and O–H groups in total. The van der Waals surface area contributed by atoms with Gasteiger partial charge in [-0.15, -0.1) is 0 Å². The van der Waals surface area contributed by atoms with Crippen LogP contribution in [0.1, 0.15) is 27.2 Å². The van der Waals surface area contributed by atoms with E-state index >= 15 is 0 Å². The SMILES string of the molecule is C[C@H]1C[C@H](C)C[NH+]([C@@H](C)C(=O)Nc2ccc(S(N)(=O)=O)cc2)C1. The summed E-state index contributed by atoms with van der Waals surface area (Å²) in [6.07, 6.45) is 1.22. The molecule has 0 radical (unpaired) electrons. The van der Waals surface area contributed by atoms with Crippen LogP contribution in [0.25, 0.3) is 0 Å². The minimum absolute atomic E-state index is 0.0350. The van der Waals surface area contributed by atoms with Crippen LogP contribution in [0.4, 0.5) is 5.69 Å². The Morgan fingerprint density at radius 1 is 1.22 bits per heavy atom. The Hall–Kier alpha value is -1.44. The molecule has 0 unspecified atom stereocenters. The average molecular weight is 340 g/mol. The van der Waals surface area contributed by atoms with Gasteiger partial charge in [0, 0.05) is 17.5 Å². The fourth-order valence-corrected chi connectivity index (χ4v) is 3.86. The van der Waals surface area contributed by atoms with Crippen LogP contribution in [-0.2, 0) is 14.8 Å². The number of benzene rings is 1. The summed E-state index contributed by atoms with van der Waals surface area (Å²) in [7, 11) is -3.71. The first-order valence-corrected chi connectivity index (χ1v) is 9.49. The van der Waals surface area contributed by atoms with Gasteiger partial charge in [0.1, 0.15) is 0 Å². The van der Waals surface area contributed by atoms with E-state index in [0.717, 1.165) is 13.1 Å². The first kappa shape index (κ1) is 17.9. The van der Waals surface area contributed by atoms with Crippen molar-refractivity contribution in [1.29, 1.82) is 0 Å². The predicted octanol–water partition coefficient (Wildman–Crippen LogP) is 0.222. The van der Waals surface area contributed by atoms with Gasteiger partial charge in [-0.05, 0) is 37.6 Å². The zero-order chi connectivity index (χ0) is 17.2. The Morgan fingerprint density at radius 2 is 1.74 bits per heavy atom. The Bertz CT molecular complexity index is 648. The molecule has 1 heterocycles. The summed E-state index contributed by atoms with van der Waals surface area (Å²) < 4.78 is 22.5. The molecule has 1 fully saturated rings. The molecular weight excluding hydrogens is 314 g/mol. The van der Waals surface area contributed by atoms with E-state index in [2.05, 4.69) is 19.2 Å². The minimum atomic E-state index is -3.71. The summed E-state index contributed by atoms with van der Waals surface area (Å²) in [4.78, 5) is 13.8. The molecule has 1 aromatic carbocycles. The lowest BCUT2D eigenvalue weighted by atomic mass is 9.91. The van der Waals surface area contributed by atoms with Gasteiger partial charge in [0.25, 0.3) is 5.91 Å². The van der Waals surface area contributed by atoms with E-state index in [1.807, 2.05) is 6.92 Å². The van der Waals surface area contributed by atoms with Crippen molar-refractivity contribution in [3.8, 4) is 0 Å². The molecule has 0 aliphatic carbocycles. The third-order valence-corrected chi connectivity index (χ3v) is 5.41. The number of nitrogens with two attached hydrogens (primary N) is 1. The van der Waals surface area contributed by atoms with Crippen LogP contribution in [0, 0.1) is 11.8 Å².